The first kappa shape index (κ1) is 14.9. The molecule has 2 aromatic rings. The largest absolute Gasteiger partial charge is 0.493 e. The third-order valence-corrected chi connectivity index (χ3v) is 2.76. The fraction of sp³-hybridized carbons (Fsp3) is 0.235. The summed E-state index contributed by atoms with van der Waals surface area (Å²) in [5.41, 5.74) is 0.689. The van der Waals surface area contributed by atoms with Gasteiger partial charge in [-0.3, -0.25) is 4.79 Å². The minimum absolute atomic E-state index is 0.113. The van der Waals surface area contributed by atoms with E-state index < -0.39 is 0 Å². The van der Waals surface area contributed by atoms with Gasteiger partial charge in [0.2, 0.25) is 5.91 Å². The van der Waals surface area contributed by atoms with E-state index >= 15 is 0 Å². The van der Waals surface area contributed by atoms with Gasteiger partial charge in [0.1, 0.15) is 11.5 Å². The summed E-state index contributed by atoms with van der Waals surface area (Å²) in [7, 11) is 0. The van der Waals surface area contributed by atoms with Crippen molar-refractivity contribution in [2.75, 3.05) is 18.5 Å². The SMILES string of the molecule is CC(=O)Nc1ccccc1OCCCOc1ccccc1. The van der Waals surface area contributed by atoms with Gasteiger partial charge in [-0.05, 0) is 24.3 Å². The van der Waals surface area contributed by atoms with E-state index in [9.17, 15) is 4.79 Å². The van der Waals surface area contributed by atoms with Crippen LogP contribution in [-0.2, 0) is 4.79 Å². The molecule has 0 atom stereocenters. The Balaban J connectivity index is 1.75. The predicted molar refractivity (Wildman–Crippen MR) is 82.8 cm³/mol. The fourth-order valence-electron chi connectivity index (χ4n) is 1.83. The highest BCUT2D eigenvalue weighted by Crippen LogP contribution is 2.23. The van der Waals surface area contributed by atoms with Crippen molar-refractivity contribution in [3.8, 4) is 11.5 Å². The van der Waals surface area contributed by atoms with Crippen LogP contribution in [0.5, 0.6) is 11.5 Å². The molecule has 21 heavy (non-hydrogen) atoms. The zero-order chi connectivity index (χ0) is 14.9. The van der Waals surface area contributed by atoms with Crippen molar-refractivity contribution in [1.29, 1.82) is 0 Å². The van der Waals surface area contributed by atoms with Crippen LogP contribution in [0.1, 0.15) is 13.3 Å². The van der Waals surface area contributed by atoms with Crippen LogP contribution in [0.15, 0.2) is 54.6 Å². The van der Waals surface area contributed by atoms with E-state index in [0.29, 0.717) is 24.7 Å². The lowest BCUT2D eigenvalue weighted by Gasteiger charge is -2.11. The van der Waals surface area contributed by atoms with Crippen molar-refractivity contribution in [3.63, 3.8) is 0 Å². The van der Waals surface area contributed by atoms with Crippen molar-refractivity contribution in [2.45, 2.75) is 13.3 Å². The number of nitrogens with one attached hydrogen (secondary N) is 1. The van der Waals surface area contributed by atoms with Gasteiger partial charge in [0.15, 0.2) is 0 Å². The Labute approximate surface area is 124 Å². The molecule has 0 aromatic heterocycles. The van der Waals surface area contributed by atoms with Crippen LogP contribution in [0.2, 0.25) is 0 Å². The summed E-state index contributed by atoms with van der Waals surface area (Å²) in [6.07, 6.45) is 0.767. The molecule has 110 valence electrons. The number of carbonyl (C=O) groups is 1. The van der Waals surface area contributed by atoms with Crippen LogP contribution in [0.25, 0.3) is 0 Å². The molecule has 0 bridgehead atoms. The van der Waals surface area contributed by atoms with Crippen LogP contribution in [0, 0.1) is 0 Å². The van der Waals surface area contributed by atoms with Crippen molar-refractivity contribution >= 4 is 11.6 Å². The number of benzene rings is 2. The highest BCUT2D eigenvalue weighted by Gasteiger charge is 2.04. The van der Waals surface area contributed by atoms with Gasteiger partial charge in [-0.15, -0.1) is 0 Å². The molecule has 0 fully saturated rings. The Morgan fingerprint density at radius 2 is 1.62 bits per heavy atom. The zero-order valence-electron chi connectivity index (χ0n) is 12.0. The van der Waals surface area contributed by atoms with Gasteiger partial charge in [0.05, 0.1) is 18.9 Å². The molecule has 0 aliphatic rings. The number of hydrogen-bond acceptors (Lipinski definition) is 3. The summed E-state index contributed by atoms with van der Waals surface area (Å²) in [6, 6.07) is 17.1. The molecule has 0 unspecified atom stereocenters. The number of para-hydroxylation sites is 3. The Bertz CT molecular complexity index is 569. The number of carbonyl (C=O) groups excluding carboxylic acids is 1. The van der Waals surface area contributed by atoms with E-state index in [1.807, 2.05) is 54.6 Å². The monoisotopic (exact) mass is 285 g/mol. The average molecular weight is 285 g/mol. The standard InChI is InChI=1S/C17H19NO3/c1-14(19)18-16-10-5-6-11-17(16)21-13-7-12-20-15-8-3-2-4-9-15/h2-6,8-11H,7,12-13H2,1H3,(H,18,19). The minimum atomic E-state index is -0.113. The first-order chi connectivity index (χ1) is 10.3. The van der Waals surface area contributed by atoms with Gasteiger partial charge in [-0.2, -0.15) is 0 Å². The van der Waals surface area contributed by atoms with Crippen LogP contribution >= 0.6 is 0 Å². The molecule has 2 rings (SSSR count). The number of hydrogen-bond donors (Lipinski definition) is 1. The second-order valence-corrected chi connectivity index (χ2v) is 4.54. The summed E-state index contributed by atoms with van der Waals surface area (Å²) >= 11 is 0. The number of anilines is 1. The maximum atomic E-state index is 11.1. The topological polar surface area (TPSA) is 47.6 Å². The van der Waals surface area contributed by atoms with E-state index in [0.717, 1.165) is 12.2 Å². The Kier molecular flexibility index (Phi) is 5.64. The summed E-state index contributed by atoms with van der Waals surface area (Å²) in [6.45, 7) is 2.60. The molecule has 0 heterocycles. The van der Waals surface area contributed by atoms with Crippen molar-refractivity contribution in [2.24, 2.45) is 0 Å². The molecule has 4 heteroatoms. The average Bonchev–Trinajstić information content (AvgIpc) is 2.49. The van der Waals surface area contributed by atoms with Gasteiger partial charge in [0.25, 0.3) is 0 Å². The highest BCUT2D eigenvalue weighted by atomic mass is 16.5. The summed E-state index contributed by atoms with van der Waals surface area (Å²) in [4.78, 5) is 11.1. The normalized spacial score (nSPS) is 9.95. The third-order valence-electron chi connectivity index (χ3n) is 2.76. The molecule has 1 amide bonds. The quantitative estimate of drug-likeness (QED) is 0.792. The van der Waals surface area contributed by atoms with Gasteiger partial charge < -0.3 is 14.8 Å². The maximum absolute atomic E-state index is 11.1. The molecule has 2 aromatic carbocycles. The lowest BCUT2D eigenvalue weighted by Crippen LogP contribution is -2.09. The molecular weight excluding hydrogens is 266 g/mol. The van der Waals surface area contributed by atoms with Crippen LogP contribution in [0.3, 0.4) is 0 Å². The molecule has 0 spiro atoms. The first-order valence-electron chi connectivity index (χ1n) is 6.93. The summed E-state index contributed by atoms with van der Waals surface area (Å²) in [5, 5.41) is 2.74. The molecular formula is C17H19NO3. The number of amides is 1. The summed E-state index contributed by atoms with van der Waals surface area (Å²) in [5.74, 6) is 1.42. The van der Waals surface area contributed by atoms with Gasteiger partial charge in [0, 0.05) is 13.3 Å². The van der Waals surface area contributed by atoms with Crippen LogP contribution < -0.4 is 14.8 Å². The molecule has 0 radical (unpaired) electrons. The van der Waals surface area contributed by atoms with Crippen LogP contribution in [-0.4, -0.2) is 19.1 Å². The lowest BCUT2D eigenvalue weighted by molar-refractivity contribution is -0.114. The third kappa shape index (κ3) is 5.18. The molecule has 1 N–H and O–H groups in total. The highest BCUT2D eigenvalue weighted by molar-refractivity contribution is 5.90. The predicted octanol–water partition coefficient (Wildman–Crippen LogP) is 3.49. The van der Waals surface area contributed by atoms with E-state index in [-0.39, 0.29) is 5.91 Å². The molecule has 0 aliphatic carbocycles. The molecule has 4 nitrogen and oxygen atoms in total. The van der Waals surface area contributed by atoms with Crippen molar-refractivity contribution in [3.05, 3.63) is 54.6 Å². The van der Waals surface area contributed by atoms with E-state index in [1.54, 1.807) is 0 Å². The second-order valence-electron chi connectivity index (χ2n) is 4.54. The van der Waals surface area contributed by atoms with Crippen LogP contribution in [0.4, 0.5) is 5.69 Å². The first-order valence-corrected chi connectivity index (χ1v) is 6.93. The van der Waals surface area contributed by atoms with E-state index in [2.05, 4.69) is 5.32 Å². The number of ether oxygens (including phenoxy) is 2. The van der Waals surface area contributed by atoms with Gasteiger partial charge in [-0.1, -0.05) is 30.3 Å². The van der Waals surface area contributed by atoms with Crippen molar-refractivity contribution < 1.29 is 14.3 Å². The minimum Gasteiger partial charge on any atom is -0.493 e. The second kappa shape index (κ2) is 7.94. The van der Waals surface area contributed by atoms with E-state index in [4.69, 9.17) is 9.47 Å². The van der Waals surface area contributed by atoms with Crippen molar-refractivity contribution in [1.82, 2.24) is 0 Å². The Morgan fingerprint density at radius 3 is 2.38 bits per heavy atom. The maximum Gasteiger partial charge on any atom is 0.221 e. The van der Waals surface area contributed by atoms with E-state index in [1.165, 1.54) is 6.92 Å². The summed E-state index contributed by atoms with van der Waals surface area (Å²) < 4.78 is 11.3. The molecule has 0 saturated carbocycles. The van der Waals surface area contributed by atoms with Gasteiger partial charge in [-0.25, -0.2) is 0 Å². The molecule has 0 aliphatic heterocycles. The fourth-order valence-corrected chi connectivity index (χ4v) is 1.83. The lowest BCUT2D eigenvalue weighted by atomic mass is 10.3. The smallest absolute Gasteiger partial charge is 0.221 e. The zero-order valence-corrected chi connectivity index (χ0v) is 12.0. The Morgan fingerprint density at radius 1 is 0.952 bits per heavy atom. The number of rotatable bonds is 7. The molecule has 0 saturated heterocycles. The van der Waals surface area contributed by atoms with Gasteiger partial charge >= 0.3 is 0 Å². The Hall–Kier alpha value is -2.49.